The highest BCUT2D eigenvalue weighted by molar-refractivity contribution is 8.76. The highest BCUT2D eigenvalue weighted by Crippen LogP contribution is 2.21. The summed E-state index contributed by atoms with van der Waals surface area (Å²) in [7, 11) is 4.06. The summed E-state index contributed by atoms with van der Waals surface area (Å²) in [5, 5.41) is 0. The van der Waals surface area contributed by atoms with Crippen LogP contribution >= 0.6 is 21.6 Å². The minimum atomic E-state index is 0.755. The van der Waals surface area contributed by atoms with Gasteiger partial charge in [0.2, 0.25) is 0 Å². The Morgan fingerprint density at radius 3 is 2.65 bits per heavy atom. The molecule has 0 aromatic heterocycles. The van der Waals surface area contributed by atoms with Crippen LogP contribution in [-0.2, 0) is 0 Å². The SMILES string of the molecule is CC1=CCCC=[N+]1CCSSCC[N+]1=CCCCC1C. The molecule has 112 valence electrons. The quantitative estimate of drug-likeness (QED) is 0.400. The molecule has 0 fully saturated rings. The largest absolute Gasteiger partial charge is 0.236 e. The summed E-state index contributed by atoms with van der Waals surface area (Å²) in [6, 6.07) is 0.755. The van der Waals surface area contributed by atoms with Crippen LogP contribution in [0.25, 0.3) is 0 Å². The van der Waals surface area contributed by atoms with Gasteiger partial charge in [-0.1, -0.05) is 21.6 Å². The topological polar surface area (TPSA) is 6.02 Å². The first kappa shape index (κ1) is 16.2. The minimum Gasteiger partial charge on any atom is -0.236 e. The van der Waals surface area contributed by atoms with Crippen LogP contribution in [0, 0.1) is 0 Å². The van der Waals surface area contributed by atoms with Gasteiger partial charge in [-0.05, 0) is 25.8 Å². The fraction of sp³-hybridized carbons (Fsp3) is 0.750. The van der Waals surface area contributed by atoms with Crippen LogP contribution < -0.4 is 0 Å². The fourth-order valence-corrected chi connectivity index (χ4v) is 4.72. The molecule has 0 N–H and O–H groups in total. The van der Waals surface area contributed by atoms with Crippen molar-refractivity contribution in [2.24, 2.45) is 0 Å². The van der Waals surface area contributed by atoms with Crippen molar-refractivity contribution in [3.8, 4) is 0 Å². The zero-order valence-corrected chi connectivity index (χ0v) is 14.5. The first-order valence-electron chi connectivity index (χ1n) is 7.87. The van der Waals surface area contributed by atoms with Crippen molar-refractivity contribution >= 4 is 34.0 Å². The van der Waals surface area contributed by atoms with Crippen molar-refractivity contribution in [3.63, 3.8) is 0 Å². The van der Waals surface area contributed by atoms with E-state index >= 15 is 0 Å². The molecule has 4 heteroatoms. The van der Waals surface area contributed by atoms with Crippen molar-refractivity contribution < 1.29 is 9.15 Å². The predicted octanol–water partition coefficient (Wildman–Crippen LogP) is 3.80. The molecule has 1 atom stereocenters. The van der Waals surface area contributed by atoms with Gasteiger partial charge >= 0.3 is 0 Å². The predicted molar refractivity (Wildman–Crippen MR) is 93.6 cm³/mol. The zero-order valence-electron chi connectivity index (χ0n) is 12.9. The molecule has 0 aliphatic carbocycles. The number of rotatable bonds is 7. The number of hydrogen-bond acceptors (Lipinski definition) is 2. The van der Waals surface area contributed by atoms with Crippen LogP contribution in [0.4, 0.5) is 0 Å². The van der Waals surface area contributed by atoms with Gasteiger partial charge in [-0.25, -0.2) is 9.15 Å². The third-order valence-electron chi connectivity index (χ3n) is 4.10. The molecule has 0 aromatic carbocycles. The lowest BCUT2D eigenvalue weighted by molar-refractivity contribution is -0.559. The standard InChI is InChI=1S/C16H28N2S2/c1-15-7-3-5-9-17(15)11-13-19-20-14-12-18-10-6-4-8-16(18)2/h7,9-10,16H,3-6,8,11-14H2,1-2H3/q+2. The van der Waals surface area contributed by atoms with E-state index in [2.05, 4.69) is 41.5 Å². The third-order valence-corrected chi connectivity index (χ3v) is 6.46. The van der Waals surface area contributed by atoms with Crippen LogP contribution in [0.3, 0.4) is 0 Å². The molecule has 2 aliphatic rings. The monoisotopic (exact) mass is 312 g/mol. The molecular weight excluding hydrogens is 284 g/mol. The molecule has 0 radical (unpaired) electrons. The highest BCUT2D eigenvalue weighted by atomic mass is 33.1. The molecule has 0 spiro atoms. The van der Waals surface area contributed by atoms with Gasteiger partial charge in [0.15, 0.2) is 18.8 Å². The van der Waals surface area contributed by atoms with E-state index in [1.807, 2.05) is 21.6 Å². The van der Waals surface area contributed by atoms with Gasteiger partial charge in [0.05, 0.1) is 11.5 Å². The zero-order chi connectivity index (χ0) is 14.2. The lowest BCUT2D eigenvalue weighted by Gasteiger charge is -2.15. The van der Waals surface area contributed by atoms with Gasteiger partial charge in [-0.3, -0.25) is 0 Å². The Morgan fingerprint density at radius 2 is 1.90 bits per heavy atom. The van der Waals surface area contributed by atoms with Crippen molar-refractivity contribution in [3.05, 3.63) is 11.8 Å². The Labute approximate surface area is 131 Å². The second kappa shape index (κ2) is 8.93. The van der Waals surface area contributed by atoms with Crippen LogP contribution in [0.5, 0.6) is 0 Å². The van der Waals surface area contributed by atoms with E-state index in [0.29, 0.717) is 0 Å². The molecule has 2 rings (SSSR count). The van der Waals surface area contributed by atoms with Gasteiger partial charge in [0.25, 0.3) is 0 Å². The van der Waals surface area contributed by atoms with Crippen LogP contribution in [0.15, 0.2) is 11.8 Å². The lowest BCUT2D eigenvalue weighted by Crippen LogP contribution is -2.29. The summed E-state index contributed by atoms with van der Waals surface area (Å²) in [6.45, 7) is 6.95. The van der Waals surface area contributed by atoms with Gasteiger partial charge in [0, 0.05) is 26.2 Å². The molecular formula is C16H28N2S2+2. The van der Waals surface area contributed by atoms with Crippen molar-refractivity contribution in [1.29, 1.82) is 0 Å². The minimum absolute atomic E-state index is 0.755. The number of hydrogen-bond donors (Lipinski definition) is 0. The number of allylic oxidation sites excluding steroid dienone is 2. The van der Waals surface area contributed by atoms with E-state index < -0.39 is 0 Å². The molecule has 1 unspecified atom stereocenters. The van der Waals surface area contributed by atoms with Gasteiger partial charge in [-0.15, -0.1) is 0 Å². The van der Waals surface area contributed by atoms with Crippen LogP contribution in [0.2, 0.25) is 0 Å². The molecule has 0 saturated heterocycles. The smallest absolute Gasteiger partial charge is 0.173 e. The van der Waals surface area contributed by atoms with Crippen molar-refractivity contribution in [2.75, 3.05) is 24.6 Å². The molecule has 20 heavy (non-hydrogen) atoms. The first-order valence-corrected chi connectivity index (χ1v) is 10.4. The second-order valence-corrected chi connectivity index (χ2v) is 8.35. The Bertz CT molecular complexity index is 399. The van der Waals surface area contributed by atoms with Crippen LogP contribution in [-0.4, -0.2) is 52.2 Å². The van der Waals surface area contributed by atoms with E-state index in [-0.39, 0.29) is 0 Å². The van der Waals surface area contributed by atoms with Gasteiger partial charge < -0.3 is 0 Å². The van der Waals surface area contributed by atoms with E-state index in [9.17, 15) is 0 Å². The molecule has 2 nitrogen and oxygen atoms in total. The molecule has 0 aromatic rings. The maximum atomic E-state index is 2.54. The molecule has 2 aliphatic heterocycles. The molecule has 0 saturated carbocycles. The van der Waals surface area contributed by atoms with Gasteiger partial charge in [-0.2, -0.15) is 0 Å². The highest BCUT2D eigenvalue weighted by Gasteiger charge is 2.18. The van der Waals surface area contributed by atoms with Crippen molar-refractivity contribution in [1.82, 2.24) is 0 Å². The Hall–Kier alpha value is -0.220. The van der Waals surface area contributed by atoms with E-state index in [4.69, 9.17) is 0 Å². The normalized spacial score (nSPS) is 23.1. The summed E-state index contributed by atoms with van der Waals surface area (Å²) < 4.78 is 4.96. The van der Waals surface area contributed by atoms with Crippen LogP contribution in [0.1, 0.15) is 46.0 Å². The third kappa shape index (κ3) is 5.28. The summed E-state index contributed by atoms with van der Waals surface area (Å²) >= 11 is 0. The average molecular weight is 313 g/mol. The van der Waals surface area contributed by atoms with E-state index in [1.165, 1.54) is 55.9 Å². The Kier molecular flexibility index (Phi) is 7.22. The lowest BCUT2D eigenvalue weighted by atomic mass is 10.1. The molecule has 0 bridgehead atoms. The second-order valence-electron chi connectivity index (χ2n) is 5.64. The van der Waals surface area contributed by atoms with Gasteiger partial charge in [0.1, 0.15) is 18.5 Å². The average Bonchev–Trinajstić information content (AvgIpc) is 2.46. The maximum Gasteiger partial charge on any atom is 0.173 e. The van der Waals surface area contributed by atoms with E-state index in [1.54, 1.807) is 0 Å². The maximum absolute atomic E-state index is 2.54. The fourth-order valence-electron chi connectivity index (χ4n) is 2.78. The van der Waals surface area contributed by atoms with Crippen molar-refractivity contribution in [2.45, 2.75) is 52.0 Å². The molecule has 2 heterocycles. The Morgan fingerprint density at radius 1 is 1.10 bits per heavy atom. The first-order chi connectivity index (χ1) is 9.77. The van der Waals surface area contributed by atoms with E-state index in [0.717, 1.165) is 12.6 Å². The molecule has 0 amide bonds. The summed E-state index contributed by atoms with van der Waals surface area (Å²) in [5.74, 6) is 2.45. The summed E-state index contributed by atoms with van der Waals surface area (Å²) in [4.78, 5) is 0. The summed E-state index contributed by atoms with van der Waals surface area (Å²) in [5.41, 5.74) is 1.43. The summed E-state index contributed by atoms with van der Waals surface area (Å²) in [6.07, 6.45) is 13.6. The number of nitrogens with zero attached hydrogens (tertiary/aromatic N) is 2. The Balaban J connectivity index is 1.55.